The van der Waals surface area contributed by atoms with Crippen LogP contribution in [0.1, 0.15) is 32.8 Å². The summed E-state index contributed by atoms with van der Waals surface area (Å²) < 4.78 is 49.7. The van der Waals surface area contributed by atoms with Crippen molar-refractivity contribution >= 4 is 16.1 Å². The number of ether oxygens (including phenoxy) is 4. The molecule has 0 aliphatic rings. The van der Waals surface area contributed by atoms with Crippen molar-refractivity contribution in [1.82, 2.24) is 0 Å². The Morgan fingerprint density at radius 3 is 1.93 bits per heavy atom. The Morgan fingerprint density at radius 2 is 1.38 bits per heavy atom. The molecule has 0 aliphatic heterocycles. The molecule has 0 amide bonds. The Labute approximate surface area is 173 Å². The van der Waals surface area contributed by atoms with E-state index in [1.807, 2.05) is 27.7 Å². The predicted molar refractivity (Wildman–Crippen MR) is 109 cm³/mol. The topological polar surface area (TPSA) is 97.4 Å². The van der Waals surface area contributed by atoms with Crippen LogP contribution in [0, 0.1) is 6.92 Å². The van der Waals surface area contributed by atoms with Gasteiger partial charge in [-0.15, -0.1) is 0 Å². The van der Waals surface area contributed by atoms with Crippen LogP contribution in [0.4, 0.5) is 0 Å². The minimum absolute atomic E-state index is 0.0178. The van der Waals surface area contributed by atoms with Gasteiger partial charge in [-0.1, -0.05) is 17.7 Å². The molecule has 166 valence electrons. The lowest BCUT2D eigenvalue weighted by atomic mass is 10.2. The predicted octanol–water partition coefficient (Wildman–Crippen LogP) is 2.49. The van der Waals surface area contributed by atoms with Gasteiger partial charge in [0, 0.05) is 0 Å². The van der Waals surface area contributed by atoms with Gasteiger partial charge in [-0.3, -0.25) is 4.79 Å². The van der Waals surface area contributed by atoms with Gasteiger partial charge in [0.25, 0.3) is 0 Å². The fourth-order valence-corrected chi connectivity index (χ4v) is 2.84. The van der Waals surface area contributed by atoms with Crippen molar-refractivity contribution in [2.75, 3.05) is 45.4 Å². The Hall–Kier alpha value is -1.68. The van der Waals surface area contributed by atoms with Crippen molar-refractivity contribution < 1.29 is 36.3 Å². The second-order valence-corrected chi connectivity index (χ2v) is 9.02. The number of aryl methyl sites for hydroxylation is 1. The molecule has 8 nitrogen and oxygen atoms in total. The van der Waals surface area contributed by atoms with Crippen molar-refractivity contribution in [1.29, 1.82) is 0 Å². The highest BCUT2D eigenvalue weighted by molar-refractivity contribution is 7.87. The zero-order valence-electron chi connectivity index (χ0n) is 17.6. The lowest BCUT2D eigenvalue weighted by molar-refractivity contribution is -0.156. The molecule has 0 spiro atoms. The number of carbonyl (C=O) groups excluding carboxylic acids is 1. The van der Waals surface area contributed by atoms with Crippen LogP contribution in [-0.4, -0.2) is 65.4 Å². The molecular weight excluding hydrogens is 400 g/mol. The van der Waals surface area contributed by atoms with Gasteiger partial charge in [-0.25, -0.2) is 0 Å². The monoisotopic (exact) mass is 432 g/mol. The molecule has 0 atom stereocenters. The third kappa shape index (κ3) is 14.0. The highest BCUT2D eigenvalue weighted by atomic mass is 32.2. The number of carbonyl (C=O) groups is 1. The standard InChI is InChI=1S/C20H32O8S/c1-17-5-7-18(8-6-17)28-29(22,23)16-15-26-14-13-25-12-11-24-10-9-19(21)27-20(2,3)4/h5-8H,9-16H2,1-4H3. The molecule has 1 rings (SSSR count). The van der Waals surface area contributed by atoms with Crippen LogP contribution in [0.5, 0.6) is 5.75 Å². The molecule has 0 bridgehead atoms. The SMILES string of the molecule is Cc1ccc(OS(=O)(=O)CCOCCOCCOCCC(=O)OC(C)(C)C)cc1. The van der Waals surface area contributed by atoms with Gasteiger partial charge in [-0.2, -0.15) is 8.42 Å². The largest absolute Gasteiger partial charge is 0.460 e. The molecule has 0 fully saturated rings. The molecule has 1 aromatic carbocycles. The van der Waals surface area contributed by atoms with Crippen molar-refractivity contribution in [3.8, 4) is 5.75 Å². The van der Waals surface area contributed by atoms with Gasteiger partial charge in [0.2, 0.25) is 0 Å². The third-order valence-corrected chi connectivity index (χ3v) is 4.45. The van der Waals surface area contributed by atoms with Crippen LogP contribution in [0.2, 0.25) is 0 Å². The van der Waals surface area contributed by atoms with Crippen molar-refractivity contribution in [2.45, 2.75) is 39.7 Å². The molecule has 0 aliphatic carbocycles. The molecule has 9 heteroatoms. The summed E-state index contributed by atoms with van der Waals surface area (Å²) in [7, 11) is -3.70. The van der Waals surface area contributed by atoms with Gasteiger partial charge in [0.15, 0.2) is 0 Å². The molecule has 29 heavy (non-hydrogen) atoms. The van der Waals surface area contributed by atoms with Gasteiger partial charge >= 0.3 is 16.1 Å². The molecule has 0 radical (unpaired) electrons. The fourth-order valence-electron chi connectivity index (χ4n) is 2.03. The smallest absolute Gasteiger partial charge is 0.311 e. The third-order valence-electron chi connectivity index (χ3n) is 3.34. The first-order valence-electron chi connectivity index (χ1n) is 9.51. The van der Waals surface area contributed by atoms with Crippen molar-refractivity contribution in [2.24, 2.45) is 0 Å². The maximum absolute atomic E-state index is 11.9. The van der Waals surface area contributed by atoms with Crippen molar-refractivity contribution in [3.63, 3.8) is 0 Å². The minimum Gasteiger partial charge on any atom is -0.460 e. The molecule has 1 aromatic rings. The molecule has 0 saturated heterocycles. The summed E-state index contributed by atoms with van der Waals surface area (Å²) in [4.78, 5) is 11.5. The van der Waals surface area contributed by atoms with E-state index in [0.29, 0.717) is 19.8 Å². The normalized spacial score (nSPS) is 12.0. The first kappa shape index (κ1) is 25.4. The van der Waals surface area contributed by atoms with E-state index < -0.39 is 15.7 Å². The summed E-state index contributed by atoms with van der Waals surface area (Å²) in [5.41, 5.74) is 0.526. The highest BCUT2D eigenvalue weighted by Gasteiger charge is 2.15. The Bertz CT molecular complexity index is 692. The average molecular weight is 433 g/mol. The summed E-state index contributed by atoms with van der Waals surface area (Å²) in [6.07, 6.45) is 0.194. The summed E-state index contributed by atoms with van der Waals surface area (Å²) in [5.74, 6) is -0.256. The van der Waals surface area contributed by atoms with E-state index in [-0.39, 0.29) is 43.7 Å². The zero-order chi connectivity index (χ0) is 21.8. The van der Waals surface area contributed by atoms with Crippen LogP contribution in [0.25, 0.3) is 0 Å². The quantitative estimate of drug-likeness (QED) is 0.251. The van der Waals surface area contributed by atoms with E-state index in [1.165, 1.54) is 0 Å². The molecule has 0 saturated carbocycles. The zero-order valence-corrected chi connectivity index (χ0v) is 18.5. The molecule has 0 unspecified atom stereocenters. The van der Waals surface area contributed by atoms with Crippen LogP contribution in [-0.2, 0) is 33.9 Å². The number of rotatable bonds is 14. The maximum Gasteiger partial charge on any atom is 0.311 e. The second kappa shape index (κ2) is 12.8. The van der Waals surface area contributed by atoms with Gasteiger partial charge in [0.1, 0.15) is 17.1 Å². The molecular formula is C20H32O8S. The van der Waals surface area contributed by atoms with Gasteiger partial charge in [-0.05, 0) is 39.8 Å². The summed E-state index contributed by atoms with van der Waals surface area (Å²) >= 11 is 0. The van der Waals surface area contributed by atoms with E-state index in [0.717, 1.165) is 5.56 Å². The number of benzene rings is 1. The first-order chi connectivity index (χ1) is 13.6. The number of hydrogen-bond acceptors (Lipinski definition) is 8. The van der Waals surface area contributed by atoms with E-state index in [2.05, 4.69) is 0 Å². The van der Waals surface area contributed by atoms with Crippen LogP contribution in [0.3, 0.4) is 0 Å². The second-order valence-electron chi connectivity index (χ2n) is 7.33. The summed E-state index contributed by atoms with van der Waals surface area (Å²) in [5, 5.41) is 0. The van der Waals surface area contributed by atoms with E-state index >= 15 is 0 Å². The Morgan fingerprint density at radius 1 is 0.862 bits per heavy atom. The van der Waals surface area contributed by atoms with E-state index in [1.54, 1.807) is 24.3 Å². The van der Waals surface area contributed by atoms with Gasteiger partial charge in [0.05, 0.1) is 46.1 Å². The molecule has 0 aromatic heterocycles. The fraction of sp³-hybridized carbons (Fsp3) is 0.650. The highest BCUT2D eigenvalue weighted by Crippen LogP contribution is 2.14. The minimum atomic E-state index is -3.70. The summed E-state index contributed by atoms with van der Waals surface area (Å²) in [6, 6.07) is 6.77. The Kier molecular flexibility index (Phi) is 11.2. The molecule has 0 heterocycles. The summed E-state index contributed by atoms with van der Waals surface area (Å²) in [6.45, 7) is 8.92. The lowest BCUT2D eigenvalue weighted by Crippen LogP contribution is -2.24. The maximum atomic E-state index is 11.9. The first-order valence-corrected chi connectivity index (χ1v) is 11.1. The molecule has 0 N–H and O–H groups in total. The van der Waals surface area contributed by atoms with Crippen LogP contribution < -0.4 is 4.18 Å². The van der Waals surface area contributed by atoms with E-state index in [4.69, 9.17) is 23.1 Å². The van der Waals surface area contributed by atoms with Crippen LogP contribution in [0.15, 0.2) is 24.3 Å². The van der Waals surface area contributed by atoms with Crippen LogP contribution >= 0.6 is 0 Å². The number of esters is 1. The van der Waals surface area contributed by atoms with Crippen molar-refractivity contribution in [3.05, 3.63) is 29.8 Å². The average Bonchev–Trinajstić information content (AvgIpc) is 2.60. The lowest BCUT2D eigenvalue weighted by Gasteiger charge is -2.19. The van der Waals surface area contributed by atoms with Gasteiger partial charge < -0.3 is 23.1 Å². The number of hydrogen-bond donors (Lipinski definition) is 0. The van der Waals surface area contributed by atoms with E-state index in [9.17, 15) is 13.2 Å². The Balaban J connectivity index is 1.98.